The van der Waals surface area contributed by atoms with E-state index in [1.54, 1.807) is 12.3 Å². The summed E-state index contributed by atoms with van der Waals surface area (Å²) in [4.78, 5) is 9.07. The molecule has 0 amide bonds. The van der Waals surface area contributed by atoms with E-state index < -0.39 is 0 Å². The van der Waals surface area contributed by atoms with Crippen LogP contribution in [0.2, 0.25) is 9.49 Å². The van der Waals surface area contributed by atoms with Crippen LogP contribution in [-0.4, -0.2) is 9.97 Å². The van der Waals surface area contributed by atoms with Gasteiger partial charge in [-0.1, -0.05) is 23.2 Å². The Morgan fingerprint density at radius 1 is 1.15 bits per heavy atom. The van der Waals surface area contributed by atoms with E-state index in [4.69, 9.17) is 23.2 Å². The predicted octanol–water partition coefficient (Wildman–Crippen LogP) is 3.51. The maximum Gasteiger partial charge on any atom is 0.170 e. The van der Waals surface area contributed by atoms with Gasteiger partial charge in [0.15, 0.2) is 5.82 Å². The van der Waals surface area contributed by atoms with Gasteiger partial charge in [-0.2, -0.15) is 0 Å². The Balaban J connectivity index is 2.46. The van der Waals surface area contributed by atoms with Crippen LogP contribution in [0.1, 0.15) is 0 Å². The van der Waals surface area contributed by atoms with Crippen molar-refractivity contribution in [3.63, 3.8) is 0 Å². The Kier molecular flexibility index (Phi) is 2.49. The molecule has 0 N–H and O–H groups in total. The number of hydrogen-bond donors (Lipinski definition) is 0. The molecule has 0 bridgehead atoms. The van der Waals surface area contributed by atoms with Crippen molar-refractivity contribution in [2.24, 2.45) is 0 Å². The van der Waals surface area contributed by atoms with Gasteiger partial charge in [-0.05, 0) is 18.2 Å². The molecule has 2 heterocycles. The third kappa shape index (κ3) is 1.99. The average Bonchev–Trinajstić information content (AvgIpc) is 2.52. The summed E-state index contributed by atoms with van der Waals surface area (Å²) < 4.78 is 0.721. The summed E-state index contributed by atoms with van der Waals surface area (Å²) in [5.41, 5.74) is 0. The zero-order valence-corrected chi connectivity index (χ0v) is 8.70. The molecule has 0 aliphatic rings. The van der Waals surface area contributed by atoms with Crippen molar-refractivity contribution in [3.05, 3.63) is 33.9 Å². The van der Waals surface area contributed by atoms with Crippen molar-refractivity contribution < 1.29 is 0 Å². The summed E-state index contributed by atoms with van der Waals surface area (Å²) in [6.45, 7) is 0. The predicted molar refractivity (Wildman–Crippen MR) is 55.4 cm³/mol. The molecule has 0 spiro atoms. The van der Waals surface area contributed by atoms with Gasteiger partial charge in [-0.25, -0.2) is 9.97 Å². The van der Waals surface area contributed by atoms with Crippen LogP contribution in [0, 0.1) is 0 Å². The van der Waals surface area contributed by atoms with Crippen LogP contribution in [0.25, 0.3) is 10.7 Å². The number of thiophene rings is 1. The van der Waals surface area contributed by atoms with Crippen LogP contribution in [-0.2, 0) is 0 Å². The van der Waals surface area contributed by atoms with Crippen LogP contribution < -0.4 is 0 Å². The molecule has 0 aliphatic carbocycles. The van der Waals surface area contributed by atoms with E-state index in [0.29, 0.717) is 11.0 Å². The normalized spacial score (nSPS) is 10.3. The summed E-state index contributed by atoms with van der Waals surface area (Å²) in [5.74, 6) is 0.615. The topological polar surface area (TPSA) is 25.8 Å². The lowest BCUT2D eigenvalue weighted by Crippen LogP contribution is -1.84. The Morgan fingerprint density at radius 3 is 2.62 bits per heavy atom. The first-order valence-corrected chi connectivity index (χ1v) is 5.07. The van der Waals surface area contributed by atoms with Crippen molar-refractivity contribution in [2.75, 3.05) is 0 Å². The van der Waals surface area contributed by atoms with Gasteiger partial charge in [-0.15, -0.1) is 11.3 Å². The average molecular weight is 231 g/mol. The van der Waals surface area contributed by atoms with Crippen molar-refractivity contribution >= 4 is 34.5 Å². The molecule has 2 nitrogen and oxygen atoms in total. The molecule has 0 saturated heterocycles. The fraction of sp³-hybridized carbons (Fsp3) is 0. The van der Waals surface area contributed by atoms with Crippen molar-refractivity contribution in [1.29, 1.82) is 0 Å². The highest BCUT2D eigenvalue weighted by Gasteiger charge is 2.04. The van der Waals surface area contributed by atoms with Crippen molar-refractivity contribution in [2.45, 2.75) is 0 Å². The highest BCUT2D eigenvalue weighted by molar-refractivity contribution is 7.19. The number of hydrogen-bond acceptors (Lipinski definition) is 3. The van der Waals surface area contributed by atoms with Crippen molar-refractivity contribution in [1.82, 2.24) is 9.97 Å². The maximum atomic E-state index is 5.78. The SMILES string of the molecule is Clc1ccnc(-c2ccc(Cl)s2)n1. The molecule has 0 aromatic carbocycles. The van der Waals surface area contributed by atoms with Crippen molar-refractivity contribution in [3.8, 4) is 10.7 Å². The summed E-state index contributed by atoms with van der Waals surface area (Å²) in [6.07, 6.45) is 1.62. The highest BCUT2D eigenvalue weighted by Crippen LogP contribution is 2.28. The first-order chi connectivity index (χ1) is 6.25. The van der Waals surface area contributed by atoms with E-state index >= 15 is 0 Å². The van der Waals surface area contributed by atoms with Crippen LogP contribution >= 0.6 is 34.5 Å². The summed E-state index contributed by atoms with van der Waals surface area (Å²) in [7, 11) is 0. The quantitative estimate of drug-likeness (QED) is 0.702. The molecule has 2 rings (SSSR count). The van der Waals surface area contributed by atoms with E-state index in [-0.39, 0.29) is 0 Å². The second kappa shape index (κ2) is 3.62. The van der Waals surface area contributed by atoms with Crippen LogP contribution in [0.5, 0.6) is 0 Å². The molecule has 66 valence electrons. The minimum atomic E-state index is 0.439. The Bertz CT molecular complexity index is 428. The lowest BCUT2D eigenvalue weighted by atomic mass is 10.4. The highest BCUT2D eigenvalue weighted by atomic mass is 35.5. The summed E-state index contributed by atoms with van der Waals surface area (Å²) in [6, 6.07) is 5.32. The minimum Gasteiger partial charge on any atom is -0.236 e. The van der Waals surface area contributed by atoms with E-state index in [9.17, 15) is 0 Å². The third-order valence-electron chi connectivity index (χ3n) is 1.42. The van der Waals surface area contributed by atoms with Gasteiger partial charge in [0, 0.05) is 6.20 Å². The lowest BCUT2D eigenvalue weighted by Gasteiger charge is -1.94. The van der Waals surface area contributed by atoms with Gasteiger partial charge in [0.05, 0.1) is 9.21 Å². The molecule has 0 aliphatic heterocycles. The molecule has 0 radical (unpaired) electrons. The minimum absolute atomic E-state index is 0.439. The second-order valence-corrected chi connectivity index (χ2v) is 4.41. The molecule has 2 aromatic rings. The van der Waals surface area contributed by atoms with E-state index in [1.165, 1.54) is 11.3 Å². The monoisotopic (exact) mass is 230 g/mol. The standard InChI is InChI=1S/C8H4Cl2N2S/c9-6-3-4-11-8(12-6)5-1-2-7(10)13-5/h1-4H. The zero-order valence-electron chi connectivity index (χ0n) is 6.37. The maximum absolute atomic E-state index is 5.78. The van der Waals surface area contributed by atoms with E-state index in [2.05, 4.69) is 9.97 Å². The van der Waals surface area contributed by atoms with Crippen LogP contribution in [0.3, 0.4) is 0 Å². The van der Waals surface area contributed by atoms with E-state index in [1.807, 2.05) is 12.1 Å². The Hall–Kier alpha value is -0.640. The lowest BCUT2D eigenvalue weighted by molar-refractivity contribution is 1.19. The summed E-state index contributed by atoms with van der Waals surface area (Å²) >= 11 is 12.9. The first-order valence-electron chi connectivity index (χ1n) is 3.50. The Labute approximate surface area is 89.2 Å². The smallest absolute Gasteiger partial charge is 0.170 e. The molecule has 0 fully saturated rings. The molecule has 13 heavy (non-hydrogen) atoms. The van der Waals surface area contributed by atoms with Gasteiger partial charge >= 0.3 is 0 Å². The number of nitrogens with zero attached hydrogens (tertiary/aromatic N) is 2. The molecule has 2 aromatic heterocycles. The summed E-state index contributed by atoms with van der Waals surface area (Å²) in [5, 5.41) is 0.439. The second-order valence-electron chi connectivity index (χ2n) is 2.31. The molecule has 0 saturated carbocycles. The Morgan fingerprint density at radius 2 is 2.00 bits per heavy atom. The molecular weight excluding hydrogens is 227 g/mol. The molecule has 5 heteroatoms. The van der Waals surface area contributed by atoms with E-state index in [0.717, 1.165) is 9.21 Å². The fourth-order valence-electron chi connectivity index (χ4n) is 0.890. The number of aromatic nitrogens is 2. The first kappa shape index (κ1) is 8.94. The van der Waals surface area contributed by atoms with Crippen LogP contribution in [0.4, 0.5) is 0 Å². The molecule has 0 unspecified atom stereocenters. The van der Waals surface area contributed by atoms with Gasteiger partial charge in [0.1, 0.15) is 5.15 Å². The number of halogens is 2. The molecular formula is C8H4Cl2N2S. The third-order valence-corrected chi connectivity index (χ3v) is 2.85. The fourth-order valence-corrected chi connectivity index (χ4v) is 2.01. The van der Waals surface area contributed by atoms with Gasteiger partial charge in [-0.3, -0.25) is 0 Å². The zero-order chi connectivity index (χ0) is 9.26. The molecule has 0 atom stereocenters. The van der Waals surface area contributed by atoms with Crippen LogP contribution in [0.15, 0.2) is 24.4 Å². The van der Waals surface area contributed by atoms with Gasteiger partial charge in [0.25, 0.3) is 0 Å². The van der Waals surface area contributed by atoms with Gasteiger partial charge < -0.3 is 0 Å². The number of rotatable bonds is 1. The van der Waals surface area contributed by atoms with Gasteiger partial charge in [0.2, 0.25) is 0 Å². The largest absolute Gasteiger partial charge is 0.236 e.